The van der Waals surface area contributed by atoms with Crippen LogP contribution in [0.5, 0.6) is 17.2 Å². The lowest BCUT2D eigenvalue weighted by Gasteiger charge is -2.26. The fourth-order valence-corrected chi connectivity index (χ4v) is 4.77. The van der Waals surface area contributed by atoms with Gasteiger partial charge in [0, 0.05) is 5.69 Å². The first-order chi connectivity index (χ1) is 17.3. The van der Waals surface area contributed by atoms with E-state index in [9.17, 15) is 9.59 Å². The number of benzene rings is 3. The van der Waals surface area contributed by atoms with Gasteiger partial charge in [0.1, 0.15) is 5.58 Å². The Morgan fingerprint density at radius 3 is 2.00 bits per heavy atom. The fourth-order valence-electron chi connectivity index (χ4n) is 4.77. The third kappa shape index (κ3) is 3.50. The van der Waals surface area contributed by atoms with Crippen molar-refractivity contribution < 1.29 is 23.4 Å². The van der Waals surface area contributed by atoms with E-state index in [0.717, 1.165) is 16.7 Å². The predicted molar refractivity (Wildman–Crippen MR) is 138 cm³/mol. The van der Waals surface area contributed by atoms with Crippen LogP contribution in [0.15, 0.2) is 57.7 Å². The van der Waals surface area contributed by atoms with Crippen molar-refractivity contribution in [2.75, 3.05) is 26.2 Å². The number of fused-ring (bicyclic) bond motifs is 2. The highest BCUT2D eigenvalue weighted by molar-refractivity contribution is 6.10. The second-order valence-corrected chi connectivity index (χ2v) is 8.98. The van der Waals surface area contributed by atoms with E-state index in [2.05, 4.69) is 0 Å². The smallest absolute Gasteiger partial charge is 0.295 e. The molecule has 1 aliphatic heterocycles. The second-order valence-electron chi connectivity index (χ2n) is 8.98. The molecule has 3 aromatic carbocycles. The van der Waals surface area contributed by atoms with E-state index in [1.165, 1.54) is 21.3 Å². The van der Waals surface area contributed by atoms with Gasteiger partial charge in [0.05, 0.1) is 38.3 Å². The molecule has 36 heavy (non-hydrogen) atoms. The first-order valence-corrected chi connectivity index (χ1v) is 11.6. The molecule has 2 heterocycles. The molecule has 0 radical (unpaired) electrons. The van der Waals surface area contributed by atoms with Crippen LogP contribution in [0.3, 0.4) is 0 Å². The van der Waals surface area contributed by atoms with E-state index in [1.807, 2.05) is 57.2 Å². The zero-order valence-electron chi connectivity index (χ0n) is 21.1. The number of nitrogens with zero attached hydrogens (tertiary/aromatic N) is 1. The monoisotopic (exact) mass is 485 g/mol. The van der Waals surface area contributed by atoms with Crippen molar-refractivity contribution in [3.63, 3.8) is 0 Å². The summed E-state index contributed by atoms with van der Waals surface area (Å²) in [5.74, 6) is 0.924. The number of hydrogen-bond donors (Lipinski definition) is 0. The van der Waals surface area contributed by atoms with Gasteiger partial charge in [-0.05, 0) is 73.9 Å². The highest BCUT2D eigenvalue weighted by Gasteiger charge is 2.44. The van der Waals surface area contributed by atoms with Gasteiger partial charge in [0.15, 0.2) is 16.9 Å². The lowest BCUT2D eigenvalue weighted by Crippen LogP contribution is -2.29. The Kier molecular flexibility index (Phi) is 5.71. The Labute approximate surface area is 208 Å². The molecule has 0 N–H and O–H groups in total. The normalized spacial score (nSPS) is 14.8. The molecule has 0 fully saturated rings. The van der Waals surface area contributed by atoms with E-state index in [0.29, 0.717) is 39.5 Å². The molecule has 5 rings (SSSR count). The van der Waals surface area contributed by atoms with Gasteiger partial charge in [0.25, 0.3) is 5.91 Å². The summed E-state index contributed by atoms with van der Waals surface area (Å²) in [6, 6.07) is 14.0. The first-order valence-electron chi connectivity index (χ1n) is 11.6. The molecule has 7 heteroatoms. The van der Waals surface area contributed by atoms with Crippen molar-refractivity contribution in [3.05, 3.63) is 92.3 Å². The second kappa shape index (κ2) is 8.75. The van der Waals surface area contributed by atoms with E-state index in [1.54, 1.807) is 17.0 Å². The molecule has 0 bridgehead atoms. The topological polar surface area (TPSA) is 78.2 Å². The number of carbonyl (C=O) groups is 1. The molecule has 184 valence electrons. The van der Waals surface area contributed by atoms with E-state index < -0.39 is 6.04 Å². The Balaban J connectivity index is 1.85. The maximum absolute atomic E-state index is 14.0. The molecule has 1 aromatic heterocycles. The zero-order chi connectivity index (χ0) is 25.7. The van der Waals surface area contributed by atoms with Crippen molar-refractivity contribution in [1.82, 2.24) is 0 Å². The van der Waals surface area contributed by atoms with E-state index in [-0.39, 0.29) is 22.7 Å². The van der Waals surface area contributed by atoms with Crippen LogP contribution in [0.2, 0.25) is 0 Å². The Morgan fingerprint density at radius 2 is 1.42 bits per heavy atom. The van der Waals surface area contributed by atoms with Crippen LogP contribution in [-0.4, -0.2) is 27.2 Å². The molecule has 1 atom stereocenters. The van der Waals surface area contributed by atoms with Crippen LogP contribution < -0.4 is 24.5 Å². The number of anilines is 1. The highest BCUT2D eigenvalue weighted by Crippen LogP contribution is 2.46. The molecule has 1 amide bonds. The molecular formula is C29H27NO6. The van der Waals surface area contributed by atoms with Gasteiger partial charge in [-0.2, -0.15) is 0 Å². The number of ether oxygens (including phenoxy) is 3. The number of hydrogen-bond acceptors (Lipinski definition) is 6. The Morgan fingerprint density at radius 1 is 0.806 bits per heavy atom. The van der Waals surface area contributed by atoms with Crippen LogP contribution >= 0.6 is 0 Å². The maximum atomic E-state index is 14.0. The molecule has 0 aliphatic carbocycles. The van der Waals surface area contributed by atoms with Crippen LogP contribution in [0, 0.1) is 20.8 Å². The summed E-state index contributed by atoms with van der Waals surface area (Å²) in [7, 11) is 4.58. The average molecular weight is 486 g/mol. The average Bonchev–Trinajstić information content (AvgIpc) is 3.17. The molecule has 1 aliphatic rings. The minimum Gasteiger partial charge on any atom is -0.493 e. The van der Waals surface area contributed by atoms with Gasteiger partial charge in [0.2, 0.25) is 11.5 Å². The van der Waals surface area contributed by atoms with Crippen molar-refractivity contribution in [2.45, 2.75) is 26.8 Å². The zero-order valence-corrected chi connectivity index (χ0v) is 21.1. The molecule has 0 spiro atoms. The summed E-state index contributed by atoms with van der Waals surface area (Å²) in [5, 5.41) is 0.438. The van der Waals surface area contributed by atoms with Gasteiger partial charge >= 0.3 is 0 Å². The van der Waals surface area contributed by atoms with Crippen molar-refractivity contribution in [3.8, 4) is 17.2 Å². The van der Waals surface area contributed by atoms with Gasteiger partial charge in [-0.1, -0.05) is 17.7 Å². The summed E-state index contributed by atoms with van der Waals surface area (Å²) in [5.41, 5.74) is 4.72. The fraction of sp³-hybridized carbons (Fsp3) is 0.241. The van der Waals surface area contributed by atoms with Crippen molar-refractivity contribution in [1.29, 1.82) is 0 Å². The number of amides is 1. The van der Waals surface area contributed by atoms with Crippen LogP contribution in [0.4, 0.5) is 5.69 Å². The number of rotatable bonds is 5. The van der Waals surface area contributed by atoms with Gasteiger partial charge in [-0.3, -0.25) is 14.5 Å². The molecule has 4 aromatic rings. The van der Waals surface area contributed by atoms with Crippen LogP contribution in [0.1, 0.15) is 44.4 Å². The Hall–Kier alpha value is -4.26. The lowest BCUT2D eigenvalue weighted by molar-refractivity contribution is 0.0971. The predicted octanol–water partition coefficient (Wildman–Crippen LogP) is 5.49. The summed E-state index contributed by atoms with van der Waals surface area (Å²) < 4.78 is 22.8. The minimum atomic E-state index is -0.758. The summed E-state index contributed by atoms with van der Waals surface area (Å²) in [6.45, 7) is 5.87. The maximum Gasteiger partial charge on any atom is 0.295 e. The van der Waals surface area contributed by atoms with Gasteiger partial charge < -0.3 is 18.6 Å². The van der Waals surface area contributed by atoms with Crippen molar-refractivity contribution >= 4 is 22.6 Å². The van der Waals surface area contributed by atoms with E-state index in [4.69, 9.17) is 18.6 Å². The largest absolute Gasteiger partial charge is 0.493 e. The lowest BCUT2D eigenvalue weighted by atomic mass is 9.96. The number of methoxy groups -OCH3 is 3. The van der Waals surface area contributed by atoms with Crippen LogP contribution in [-0.2, 0) is 0 Å². The first kappa shape index (κ1) is 23.5. The molecule has 1 unspecified atom stereocenters. The number of aryl methyl sites for hydroxylation is 3. The van der Waals surface area contributed by atoms with Crippen molar-refractivity contribution in [2.24, 2.45) is 0 Å². The van der Waals surface area contributed by atoms with Gasteiger partial charge in [-0.25, -0.2) is 0 Å². The summed E-state index contributed by atoms with van der Waals surface area (Å²) in [4.78, 5) is 29.4. The summed E-state index contributed by atoms with van der Waals surface area (Å²) in [6.07, 6.45) is 0. The quantitative estimate of drug-likeness (QED) is 0.372. The molecule has 7 nitrogen and oxygen atoms in total. The third-order valence-corrected chi connectivity index (χ3v) is 6.80. The van der Waals surface area contributed by atoms with Gasteiger partial charge in [-0.15, -0.1) is 0 Å². The van der Waals surface area contributed by atoms with Crippen LogP contribution in [0.25, 0.3) is 11.0 Å². The molecule has 0 saturated carbocycles. The third-order valence-electron chi connectivity index (χ3n) is 6.80. The summed E-state index contributed by atoms with van der Waals surface area (Å²) >= 11 is 0. The number of carbonyl (C=O) groups excluding carboxylic acids is 1. The minimum absolute atomic E-state index is 0.0371. The molecular weight excluding hydrogens is 458 g/mol. The standard InChI is InChI=1S/C29H27NO6/c1-15-7-9-19(10-8-15)30-25(18-13-22(33-4)27(35-6)23(14-18)34-5)24-26(31)20-11-16(2)17(3)12-21(20)36-28(24)29(30)32/h7-14,25H,1-6H3. The molecule has 0 saturated heterocycles. The highest BCUT2D eigenvalue weighted by atomic mass is 16.5. The Bertz CT molecular complexity index is 1540. The van der Waals surface area contributed by atoms with E-state index >= 15 is 0 Å². The SMILES string of the molecule is COc1cc(C2c3c(oc4cc(C)c(C)cc4c3=O)C(=O)N2c2ccc(C)cc2)cc(OC)c1OC.